The van der Waals surface area contributed by atoms with E-state index < -0.39 is 0 Å². The van der Waals surface area contributed by atoms with Gasteiger partial charge in [0.05, 0.1) is 26.9 Å². The third kappa shape index (κ3) is 2.66. The molecule has 3 rings (SSSR count). The topological polar surface area (TPSA) is 86.5 Å². The molecule has 1 heterocycles. The summed E-state index contributed by atoms with van der Waals surface area (Å²) in [7, 11) is 0. The first kappa shape index (κ1) is 17.0. The molecule has 2 N–H and O–H groups in total. The van der Waals surface area contributed by atoms with Crippen molar-refractivity contribution >= 4 is 46.2 Å². The van der Waals surface area contributed by atoms with Gasteiger partial charge in [0.15, 0.2) is 0 Å². The average Bonchev–Trinajstić information content (AvgIpc) is 2.83. The van der Waals surface area contributed by atoms with Crippen molar-refractivity contribution in [1.29, 1.82) is 10.5 Å². The lowest BCUT2D eigenvalue weighted by Gasteiger charge is -2.11. The summed E-state index contributed by atoms with van der Waals surface area (Å²) < 4.78 is 0. The van der Waals surface area contributed by atoms with Gasteiger partial charge in [-0.05, 0) is 54.3 Å². The van der Waals surface area contributed by atoms with E-state index in [4.69, 9.17) is 28.9 Å². The number of hydrogen-bond acceptors (Lipinski definition) is 4. The van der Waals surface area contributed by atoms with Crippen molar-refractivity contribution in [3.8, 4) is 12.1 Å². The van der Waals surface area contributed by atoms with E-state index in [-0.39, 0.29) is 5.82 Å². The Morgan fingerprint density at radius 1 is 1.12 bits per heavy atom. The van der Waals surface area contributed by atoms with Crippen LogP contribution in [0.2, 0.25) is 10.0 Å². The SMILES string of the molecule is CC1=C(C#N)c2nc(N)c(C#N)c(C)c2/C1=C\c1ccc(Cl)c(Cl)c1. The lowest BCUT2D eigenvalue weighted by Crippen LogP contribution is -2.03. The average molecular weight is 367 g/mol. The monoisotopic (exact) mass is 366 g/mol. The third-order valence-corrected chi connectivity index (χ3v) is 4.98. The molecule has 1 aromatic carbocycles. The molecular formula is C19H12Cl2N4. The highest BCUT2D eigenvalue weighted by molar-refractivity contribution is 6.42. The van der Waals surface area contributed by atoms with Crippen molar-refractivity contribution in [2.24, 2.45) is 0 Å². The number of nitrogens with zero attached hydrogens (tertiary/aromatic N) is 3. The van der Waals surface area contributed by atoms with E-state index in [1.807, 2.05) is 26.0 Å². The molecule has 2 aromatic rings. The zero-order valence-corrected chi connectivity index (χ0v) is 15.0. The third-order valence-electron chi connectivity index (χ3n) is 4.24. The fourth-order valence-corrected chi connectivity index (χ4v) is 3.27. The minimum Gasteiger partial charge on any atom is -0.383 e. The molecule has 0 atom stereocenters. The van der Waals surface area contributed by atoms with E-state index in [0.717, 1.165) is 22.3 Å². The second-order valence-corrected chi connectivity index (χ2v) is 6.49. The van der Waals surface area contributed by atoms with Crippen molar-refractivity contribution in [2.45, 2.75) is 13.8 Å². The smallest absolute Gasteiger partial charge is 0.142 e. The molecular weight excluding hydrogens is 355 g/mol. The number of aromatic nitrogens is 1. The highest BCUT2D eigenvalue weighted by Gasteiger charge is 2.29. The quantitative estimate of drug-likeness (QED) is 0.768. The van der Waals surface area contributed by atoms with Crippen LogP contribution in [0, 0.1) is 29.6 Å². The summed E-state index contributed by atoms with van der Waals surface area (Å²) in [5, 5.41) is 19.8. The number of halogens is 2. The summed E-state index contributed by atoms with van der Waals surface area (Å²) in [5.74, 6) is 0.134. The summed E-state index contributed by atoms with van der Waals surface area (Å²) in [4.78, 5) is 4.30. The standard InChI is InChI=1S/C19H12Cl2N4/c1-9-12(5-11-3-4-15(20)16(21)6-11)17-10(2)14(8-23)19(24)25-18(17)13(9)7-22/h3-6H,1-2H3,(H2,24,25)/b12-5-. The van der Waals surface area contributed by atoms with Gasteiger partial charge in [-0.25, -0.2) is 4.98 Å². The highest BCUT2D eigenvalue weighted by atomic mass is 35.5. The highest BCUT2D eigenvalue weighted by Crippen LogP contribution is 2.44. The van der Waals surface area contributed by atoms with Gasteiger partial charge < -0.3 is 5.73 Å². The number of allylic oxidation sites excluding steroid dienone is 3. The van der Waals surface area contributed by atoms with Crippen LogP contribution in [-0.4, -0.2) is 4.98 Å². The molecule has 122 valence electrons. The Hall–Kier alpha value is -2.79. The molecule has 6 heteroatoms. The maximum Gasteiger partial charge on any atom is 0.142 e. The van der Waals surface area contributed by atoms with Crippen LogP contribution in [0.1, 0.15) is 34.9 Å². The number of nitrogens with two attached hydrogens (primary N) is 1. The molecule has 0 aliphatic heterocycles. The predicted octanol–water partition coefficient (Wildman–Crippen LogP) is 5.00. The first-order chi connectivity index (χ1) is 11.9. The minimum atomic E-state index is 0.134. The number of nitriles is 2. The van der Waals surface area contributed by atoms with E-state index in [0.29, 0.717) is 32.4 Å². The van der Waals surface area contributed by atoms with Gasteiger partial charge in [0, 0.05) is 5.56 Å². The zero-order chi connectivity index (χ0) is 18.3. The van der Waals surface area contributed by atoms with Gasteiger partial charge in [0.25, 0.3) is 0 Å². The van der Waals surface area contributed by atoms with Crippen LogP contribution in [0.5, 0.6) is 0 Å². The lowest BCUT2D eigenvalue weighted by atomic mass is 9.95. The summed E-state index contributed by atoms with van der Waals surface area (Å²) in [6.07, 6.45) is 1.91. The molecule has 0 fully saturated rings. The van der Waals surface area contributed by atoms with Gasteiger partial charge in [0.2, 0.25) is 0 Å². The Kier molecular flexibility index (Phi) is 4.27. The molecule has 4 nitrogen and oxygen atoms in total. The summed E-state index contributed by atoms with van der Waals surface area (Å²) in [6.45, 7) is 3.66. The van der Waals surface area contributed by atoms with Gasteiger partial charge >= 0.3 is 0 Å². The Labute approximate surface area is 155 Å². The molecule has 0 saturated heterocycles. The molecule has 1 aromatic heterocycles. The number of nitrogen functional groups attached to an aromatic ring is 1. The number of anilines is 1. The van der Waals surface area contributed by atoms with Crippen LogP contribution in [0.15, 0.2) is 23.8 Å². The van der Waals surface area contributed by atoms with Crippen LogP contribution in [0.4, 0.5) is 5.82 Å². The maximum absolute atomic E-state index is 9.54. The molecule has 0 amide bonds. The van der Waals surface area contributed by atoms with Crippen LogP contribution < -0.4 is 5.73 Å². The Morgan fingerprint density at radius 2 is 1.84 bits per heavy atom. The fraction of sp³-hybridized carbons (Fsp3) is 0.105. The molecule has 1 aliphatic rings. The molecule has 0 spiro atoms. The van der Waals surface area contributed by atoms with Gasteiger partial charge in [0.1, 0.15) is 18.0 Å². The van der Waals surface area contributed by atoms with Crippen molar-refractivity contribution < 1.29 is 0 Å². The lowest BCUT2D eigenvalue weighted by molar-refractivity contribution is 1.22. The molecule has 0 bridgehead atoms. The maximum atomic E-state index is 9.54. The van der Waals surface area contributed by atoms with Crippen molar-refractivity contribution in [1.82, 2.24) is 4.98 Å². The van der Waals surface area contributed by atoms with Crippen molar-refractivity contribution in [3.63, 3.8) is 0 Å². The summed E-state index contributed by atoms with van der Waals surface area (Å²) in [5.41, 5.74) is 11.1. The fourth-order valence-electron chi connectivity index (χ4n) is 2.96. The second kappa shape index (κ2) is 6.26. The molecule has 1 aliphatic carbocycles. The van der Waals surface area contributed by atoms with E-state index in [1.165, 1.54) is 0 Å². The number of pyridine rings is 1. The molecule has 0 saturated carbocycles. The Morgan fingerprint density at radius 3 is 2.44 bits per heavy atom. The van der Waals surface area contributed by atoms with Gasteiger partial charge in [-0.1, -0.05) is 29.3 Å². The predicted molar refractivity (Wildman–Crippen MR) is 101 cm³/mol. The van der Waals surface area contributed by atoms with E-state index >= 15 is 0 Å². The van der Waals surface area contributed by atoms with Crippen molar-refractivity contribution in [3.05, 3.63) is 61.8 Å². The van der Waals surface area contributed by atoms with Crippen molar-refractivity contribution in [2.75, 3.05) is 5.73 Å². The summed E-state index contributed by atoms with van der Waals surface area (Å²) in [6, 6.07) is 9.58. The minimum absolute atomic E-state index is 0.134. The largest absolute Gasteiger partial charge is 0.383 e. The molecule has 25 heavy (non-hydrogen) atoms. The van der Waals surface area contributed by atoms with Crippen LogP contribution in [0.3, 0.4) is 0 Å². The van der Waals surface area contributed by atoms with Gasteiger partial charge in [-0.3, -0.25) is 0 Å². The van der Waals surface area contributed by atoms with E-state index in [2.05, 4.69) is 17.1 Å². The Bertz CT molecular complexity index is 1070. The number of hydrogen-bond donors (Lipinski definition) is 1. The van der Waals surface area contributed by atoms with Crippen LogP contribution in [-0.2, 0) is 0 Å². The second-order valence-electron chi connectivity index (χ2n) is 5.68. The number of benzene rings is 1. The first-order valence-electron chi connectivity index (χ1n) is 7.38. The Balaban J connectivity index is 2.32. The zero-order valence-electron chi connectivity index (χ0n) is 13.5. The van der Waals surface area contributed by atoms with E-state index in [1.54, 1.807) is 12.1 Å². The normalized spacial score (nSPS) is 14.4. The van der Waals surface area contributed by atoms with Gasteiger partial charge in [-0.15, -0.1) is 0 Å². The van der Waals surface area contributed by atoms with Crippen LogP contribution in [0.25, 0.3) is 17.2 Å². The van der Waals surface area contributed by atoms with Gasteiger partial charge in [-0.2, -0.15) is 10.5 Å². The molecule has 0 unspecified atom stereocenters. The summed E-state index contributed by atoms with van der Waals surface area (Å²) >= 11 is 12.1. The van der Waals surface area contributed by atoms with Crippen LogP contribution >= 0.6 is 23.2 Å². The number of fused-ring (bicyclic) bond motifs is 1. The first-order valence-corrected chi connectivity index (χ1v) is 8.13. The number of rotatable bonds is 1. The molecule has 0 radical (unpaired) electrons. The van der Waals surface area contributed by atoms with E-state index in [9.17, 15) is 10.5 Å².